The summed E-state index contributed by atoms with van der Waals surface area (Å²) in [7, 11) is 0. The zero-order valence-electron chi connectivity index (χ0n) is 12.1. The molecule has 1 saturated heterocycles. The van der Waals surface area contributed by atoms with Crippen LogP contribution in [0.5, 0.6) is 0 Å². The van der Waals surface area contributed by atoms with E-state index in [2.05, 4.69) is 22.4 Å². The van der Waals surface area contributed by atoms with Gasteiger partial charge in [0.05, 0.1) is 11.3 Å². The Morgan fingerprint density at radius 2 is 2.24 bits per heavy atom. The van der Waals surface area contributed by atoms with E-state index >= 15 is 0 Å². The fourth-order valence-electron chi connectivity index (χ4n) is 2.88. The van der Waals surface area contributed by atoms with E-state index in [0.717, 1.165) is 31.6 Å². The number of para-hydroxylation sites is 1. The predicted octanol–water partition coefficient (Wildman–Crippen LogP) is 1.92. The molecule has 1 atom stereocenters. The molecule has 0 saturated carbocycles. The van der Waals surface area contributed by atoms with E-state index < -0.39 is 0 Å². The number of hydrogen-bond donors (Lipinski definition) is 0. The molecule has 0 aliphatic carbocycles. The van der Waals surface area contributed by atoms with E-state index in [0.29, 0.717) is 11.5 Å². The average molecular weight is 285 g/mol. The molecule has 1 amide bonds. The van der Waals surface area contributed by atoms with Gasteiger partial charge in [-0.3, -0.25) is 4.79 Å². The van der Waals surface area contributed by atoms with Crippen LogP contribution in [0.25, 0.3) is 5.69 Å². The van der Waals surface area contributed by atoms with Gasteiger partial charge < -0.3 is 4.90 Å². The summed E-state index contributed by atoms with van der Waals surface area (Å²) in [6, 6.07) is 7.47. The third kappa shape index (κ3) is 2.79. The fourth-order valence-corrected chi connectivity index (χ4v) is 2.88. The molecule has 2 aromatic rings. The molecule has 1 aromatic carbocycles. The summed E-state index contributed by atoms with van der Waals surface area (Å²) in [4.78, 5) is 14.8. The van der Waals surface area contributed by atoms with E-state index in [1.807, 2.05) is 29.2 Å². The second-order valence-electron chi connectivity index (χ2n) is 5.44. The molecule has 0 radical (unpaired) electrons. The van der Waals surface area contributed by atoms with E-state index in [4.69, 9.17) is 0 Å². The predicted molar refractivity (Wildman–Crippen MR) is 78.1 cm³/mol. The summed E-state index contributed by atoms with van der Waals surface area (Å²) < 4.78 is 1.54. The molecule has 1 aromatic heterocycles. The number of nitrogens with zero attached hydrogens (tertiary/aromatic N) is 5. The lowest BCUT2D eigenvalue weighted by molar-refractivity contribution is 0.0671. The first-order chi connectivity index (χ1) is 10.3. The van der Waals surface area contributed by atoms with Crippen LogP contribution in [-0.4, -0.2) is 44.1 Å². The fraction of sp³-hybridized carbons (Fsp3) is 0.467. The van der Waals surface area contributed by atoms with Crippen LogP contribution in [0, 0.1) is 5.92 Å². The highest BCUT2D eigenvalue weighted by molar-refractivity contribution is 5.97. The number of tetrazole rings is 1. The third-order valence-electron chi connectivity index (χ3n) is 4.11. The van der Waals surface area contributed by atoms with Crippen molar-refractivity contribution in [2.75, 3.05) is 13.1 Å². The van der Waals surface area contributed by atoms with Crippen LogP contribution >= 0.6 is 0 Å². The standard InChI is InChI=1S/C15H19N5O/c1-2-12-6-5-9-19(10-12)15(21)13-7-3-4-8-14(13)20-11-16-17-18-20/h3-4,7-8,11-12H,2,5-6,9-10H2,1H3. The lowest BCUT2D eigenvalue weighted by Gasteiger charge is -2.32. The summed E-state index contributed by atoms with van der Waals surface area (Å²) in [6.07, 6.45) is 4.93. The number of carbonyl (C=O) groups is 1. The molecule has 2 heterocycles. The van der Waals surface area contributed by atoms with Gasteiger partial charge in [-0.25, -0.2) is 0 Å². The highest BCUT2D eigenvalue weighted by Gasteiger charge is 2.25. The van der Waals surface area contributed by atoms with E-state index in [-0.39, 0.29) is 5.91 Å². The maximum Gasteiger partial charge on any atom is 0.256 e. The van der Waals surface area contributed by atoms with E-state index in [1.165, 1.54) is 17.4 Å². The van der Waals surface area contributed by atoms with Crippen LogP contribution in [-0.2, 0) is 0 Å². The number of aromatic nitrogens is 4. The number of rotatable bonds is 3. The minimum atomic E-state index is 0.0688. The molecule has 0 spiro atoms. The Morgan fingerprint density at radius 1 is 1.38 bits per heavy atom. The van der Waals surface area contributed by atoms with Crippen molar-refractivity contribution in [3.63, 3.8) is 0 Å². The van der Waals surface area contributed by atoms with Crippen molar-refractivity contribution >= 4 is 5.91 Å². The van der Waals surface area contributed by atoms with Crippen molar-refractivity contribution in [1.82, 2.24) is 25.1 Å². The quantitative estimate of drug-likeness (QED) is 0.864. The number of piperidine rings is 1. The molecule has 0 N–H and O–H groups in total. The van der Waals surface area contributed by atoms with Crippen LogP contribution in [0.4, 0.5) is 0 Å². The zero-order chi connectivity index (χ0) is 14.7. The summed E-state index contributed by atoms with van der Waals surface area (Å²) in [5, 5.41) is 11.2. The second kappa shape index (κ2) is 6.03. The topological polar surface area (TPSA) is 63.9 Å². The van der Waals surface area contributed by atoms with Crippen LogP contribution in [0.1, 0.15) is 36.5 Å². The van der Waals surface area contributed by atoms with Gasteiger partial charge in [0.15, 0.2) is 0 Å². The van der Waals surface area contributed by atoms with Crippen molar-refractivity contribution in [3.8, 4) is 5.69 Å². The largest absolute Gasteiger partial charge is 0.338 e. The molecule has 21 heavy (non-hydrogen) atoms. The van der Waals surface area contributed by atoms with Crippen LogP contribution in [0.3, 0.4) is 0 Å². The van der Waals surface area contributed by atoms with E-state index in [1.54, 1.807) is 0 Å². The molecule has 110 valence electrons. The van der Waals surface area contributed by atoms with Crippen molar-refractivity contribution in [2.45, 2.75) is 26.2 Å². The van der Waals surface area contributed by atoms with Gasteiger partial charge in [0.2, 0.25) is 0 Å². The summed E-state index contributed by atoms with van der Waals surface area (Å²) >= 11 is 0. The van der Waals surface area contributed by atoms with Crippen molar-refractivity contribution < 1.29 is 4.79 Å². The first-order valence-electron chi connectivity index (χ1n) is 7.41. The van der Waals surface area contributed by atoms with Gasteiger partial charge in [0.1, 0.15) is 6.33 Å². The molecule has 1 unspecified atom stereocenters. The van der Waals surface area contributed by atoms with Gasteiger partial charge in [0, 0.05) is 13.1 Å². The SMILES string of the molecule is CCC1CCCN(C(=O)c2ccccc2-n2cnnn2)C1. The maximum absolute atomic E-state index is 12.8. The molecule has 6 heteroatoms. The highest BCUT2D eigenvalue weighted by Crippen LogP contribution is 2.22. The first kappa shape index (κ1) is 13.7. The number of benzene rings is 1. The Labute approximate surface area is 123 Å². The second-order valence-corrected chi connectivity index (χ2v) is 5.44. The van der Waals surface area contributed by atoms with Crippen LogP contribution in [0.2, 0.25) is 0 Å². The Morgan fingerprint density at radius 3 is 3.00 bits per heavy atom. The number of carbonyl (C=O) groups excluding carboxylic acids is 1. The van der Waals surface area contributed by atoms with Gasteiger partial charge in [-0.15, -0.1) is 5.10 Å². The lowest BCUT2D eigenvalue weighted by atomic mass is 9.95. The summed E-state index contributed by atoms with van der Waals surface area (Å²) in [5.74, 6) is 0.683. The minimum absolute atomic E-state index is 0.0688. The average Bonchev–Trinajstić information content (AvgIpc) is 3.08. The maximum atomic E-state index is 12.8. The van der Waals surface area contributed by atoms with Crippen molar-refractivity contribution in [3.05, 3.63) is 36.2 Å². The van der Waals surface area contributed by atoms with Crippen LogP contribution in [0.15, 0.2) is 30.6 Å². The third-order valence-corrected chi connectivity index (χ3v) is 4.11. The Kier molecular flexibility index (Phi) is 3.94. The zero-order valence-corrected chi connectivity index (χ0v) is 12.1. The molecule has 3 rings (SSSR count). The summed E-state index contributed by atoms with van der Waals surface area (Å²) in [6.45, 7) is 3.87. The Bertz CT molecular complexity index is 610. The summed E-state index contributed by atoms with van der Waals surface area (Å²) in [5.41, 5.74) is 1.38. The van der Waals surface area contributed by atoms with Crippen molar-refractivity contribution in [1.29, 1.82) is 0 Å². The lowest BCUT2D eigenvalue weighted by Crippen LogP contribution is -2.40. The Balaban J connectivity index is 1.88. The van der Waals surface area contributed by atoms with E-state index in [9.17, 15) is 4.79 Å². The van der Waals surface area contributed by atoms with Gasteiger partial charge in [0.25, 0.3) is 5.91 Å². The molecule has 1 fully saturated rings. The molecule has 1 aliphatic rings. The van der Waals surface area contributed by atoms with Gasteiger partial charge in [-0.05, 0) is 41.3 Å². The van der Waals surface area contributed by atoms with Crippen molar-refractivity contribution in [2.24, 2.45) is 5.92 Å². The smallest absolute Gasteiger partial charge is 0.256 e. The molecule has 1 aliphatic heterocycles. The minimum Gasteiger partial charge on any atom is -0.338 e. The van der Waals surface area contributed by atoms with Gasteiger partial charge in [-0.2, -0.15) is 4.68 Å². The Hall–Kier alpha value is -2.24. The number of amides is 1. The van der Waals surface area contributed by atoms with Gasteiger partial charge in [-0.1, -0.05) is 25.5 Å². The molecule has 6 nitrogen and oxygen atoms in total. The highest BCUT2D eigenvalue weighted by atomic mass is 16.2. The normalized spacial score (nSPS) is 18.7. The monoisotopic (exact) mass is 285 g/mol. The van der Waals surface area contributed by atoms with Gasteiger partial charge >= 0.3 is 0 Å². The molecular formula is C15H19N5O. The number of likely N-dealkylation sites (tertiary alicyclic amines) is 1. The first-order valence-corrected chi connectivity index (χ1v) is 7.41. The van der Waals surface area contributed by atoms with Crippen LogP contribution < -0.4 is 0 Å². The number of hydrogen-bond acceptors (Lipinski definition) is 4. The molecule has 0 bridgehead atoms. The molecular weight excluding hydrogens is 266 g/mol.